The smallest absolute Gasteiger partial charge is 0.253 e. The standard InChI is InChI=1S/C15H19N5O3/c1-19-4-6-20(7-5-19)15(23)9-2-3-11-10(8-9)12(13(21)17-11)14(22)18-16/h2-3,8,12H,4-7,16H2,1H3,(H,17,21)(H,18,22). The van der Waals surface area contributed by atoms with E-state index in [1.165, 1.54) is 0 Å². The molecule has 4 N–H and O–H groups in total. The van der Waals surface area contributed by atoms with Gasteiger partial charge in [-0.15, -0.1) is 0 Å². The summed E-state index contributed by atoms with van der Waals surface area (Å²) < 4.78 is 0. The first-order valence-electron chi connectivity index (χ1n) is 7.44. The summed E-state index contributed by atoms with van der Waals surface area (Å²) in [6.07, 6.45) is 0. The molecular weight excluding hydrogens is 298 g/mol. The van der Waals surface area contributed by atoms with Crippen LogP contribution in [-0.2, 0) is 9.59 Å². The van der Waals surface area contributed by atoms with Crippen molar-refractivity contribution in [1.29, 1.82) is 0 Å². The van der Waals surface area contributed by atoms with Crippen LogP contribution < -0.4 is 16.6 Å². The second kappa shape index (κ2) is 5.98. The highest BCUT2D eigenvalue weighted by Gasteiger charge is 2.37. The second-order valence-corrected chi connectivity index (χ2v) is 5.83. The van der Waals surface area contributed by atoms with Crippen molar-refractivity contribution in [2.75, 3.05) is 38.5 Å². The number of hydrogen-bond acceptors (Lipinski definition) is 5. The number of piperazine rings is 1. The van der Waals surface area contributed by atoms with E-state index in [-0.39, 0.29) is 5.91 Å². The molecule has 1 aromatic carbocycles. The van der Waals surface area contributed by atoms with Crippen LogP contribution in [0.25, 0.3) is 0 Å². The summed E-state index contributed by atoms with van der Waals surface area (Å²) in [5, 5.41) is 2.63. The average Bonchev–Trinajstić information content (AvgIpc) is 2.89. The van der Waals surface area contributed by atoms with Crippen molar-refractivity contribution in [3.8, 4) is 0 Å². The summed E-state index contributed by atoms with van der Waals surface area (Å²) in [7, 11) is 2.02. The number of carbonyl (C=O) groups is 3. The third-order valence-corrected chi connectivity index (χ3v) is 4.32. The number of fused-ring (bicyclic) bond motifs is 1. The fourth-order valence-corrected chi connectivity index (χ4v) is 2.93. The number of amides is 3. The van der Waals surface area contributed by atoms with Crippen molar-refractivity contribution in [3.63, 3.8) is 0 Å². The molecule has 1 atom stereocenters. The van der Waals surface area contributed by atoms with Crippen molar-refractivity contribution in [3.05, 3.63) is 29.3 Å². The van der Waals surface area contributed by atoms with Crippen LogP contribution in [0.5, 0.6) is 0 Å². The van der Waals surface area contributed by atoms with E-state index in [4.69, 9.17) is 5.84 Å². The number of hydrazine groups is 1. The van der Waals surface area contributed by atoms with Crippen LogP contribution >= 0.6 is 0 Å². The van der Waals surface area contributed by atoms with E-state index in [2.05, 4.69) is 10.2 Å². The number of nitrogens with two attached hydrogens (primary N) is 1. The highest BCUT2D eigenvalue weighted by molar-refractivity contribution is 6.16. The monoisotopic (exact) mass is 317 g/mol. The van der Waals surface area contributed by atoms with Crippen LogP contribution in [0.3, 0.4) is 0 Å². The maximum absolute atomic E-state index is 12.6. The fourth-order valence-electron chi connectivity index (χ4n) is 2.93. The lowest BCUT2D eigenvalue weighted by Gasteiger charge is -2.32. The van der Waals surface area contributed by atoms with Crippen LogP contribution in [-0.4, -0.2) is 60.7 Å². The van der Waals surface area contributed by atoms with E-state index < -0.39 is 17.7 Å². The number of rotatable bonds is 2. The van der Waals surface area contributed by atoms with Gasteiger partial charge in [-0.2, -0.15) is 0 Å². The highest BCUT2D eigenvalue weighted by atomic mass is 16.2. The largest absolute Gasteiger partial charge is 0.336 e. The van der Waals surface area contributed by atoms with Crippen molar-refractivity contribution < 1.29 is 14.4 Å². The molecule has 122 valence electrons. The van der Waals surface area contributed by atoms with Gasteiger partial charge in [0.15, 0.2) is 0 Å². The van der Waals surface area contributed by atoms with Crippen LogP contribution in [0.15, 0.2) is 18.2 Å². The SMILES string of the molecule is CN1CCN(C(=O)c2ccc3c(c2)C(C(=O)NN)C(=O)N3)CC1. The minimum Gasteiger partial charge on any atom is -0.336 e. The number of nitrogens with one attached hydrogen (secondary N) is 2. The Morgan fingerprint density at radius 1 is 1.26 bits per heavy atom. The molecule has 0 saturated carbocycles. The molecule has 2 aliphatic heterocycles. The van der Waals surface area contributed by atoms with E-state index >= 15 is 0 Å². The van der Waals surface area contributed by atoms with Crippen LogP contribution in [0, 0.1) is 0 Å². The molecule has 0 aliphatic carbocycles. The average molecular weight is 317 g/mol. The van der Waals surface area contributed by atoms with Gasteiger partial charge >= 0.3 is 0 Å². The van der Waals surface area contributed by atoms with Gasteiger partial charge in [0, 0.05) is 37.4 Å². The number of benzene rings is 1. The lowest BCUT2D eigenvalue weighted by molar-refractivity contribution is -0.128. The molecule has 8 nitrogen and oxygen atoms in total. The third kappa shape index (κ3) is 2.78. The molecule has 8 heteroatoms. The van der Waals surface area contributed by atoms with Crippen molar-refractivity contribution in [1.82, 2.24) is 15.2 Å². The maximum atomic E-state index is 12.6. The van der Waals surface area contributed by atoms with E-state index in [1.54, 1.807) is 23.1 Å². The molecule has 1 fully saturated rings. The second-order valence-electron chi connectivity index (χ2n) is 5.83. The van der Waals surface area contributed by atoms with Gasteiger partial charge < -0.3 is 15.1 Å². The highest BCUT2D eigenvalue weighted by Crippen LogP contribution is 2.33. The summed E-state index contributed by atoms with van der Waals surface area (Å²) in [6.45, 7) is 2.98. The molecular formula is C15H19N5O3. The van der Waals surface area contributed by atoms with Crippen LogP contribution in [0.2, 0.25) is 0 Å². The number of nitrogens with zero attached hydrogens (tertiary/aromatic N) is 2. The zero-order valence-electron chi connectivity index (χ0n) is 12.8. The third-order valence-electron chi connectivity index (χ3n) is 4.32. The Morgan fingerprint density at radius 3 is 2.61 bits per heavy atom. The first-order valence-corrected chi connectivity index (χ1v) is 7.44. The Balaban J connectivity index is 1.86. The number of hydrogen-bond donors (Lipinski definition) is 3. The van der Waals surface area contributed by atoms with Crippen molar-refractivity contribution in [2.24, 2.45) is 5.84 Å². The molecule has 0 radical (unpaired) electrons. The zero-order valence-corrected chi connectivity index (χ0v) is 12.8. The van der Waals surface area contributed by atoms with Gasteiger partial charge in [0.1, 0.15) is 5.92 Å². The van der Waals surface area contributed by atoms with E-state index in [1.807, 2.05) is 12.5 Å². The summed E-state index contributed by atoms with van der Waals surface area (Å²) in [5.41, 5.74) is 3.49. The van der Waals surface area contributed by atoms with E-state index in [0.717, 1.165) is 13.1 Å². The quantitative estimate of drug-likeness (QED) is 0.284. The molecule has 1 saturated heterocycles. The molecule has 2 aliphatic rings. The Bertz CT molecular complexity index is 659. The summed E-state index contributed by atoms with van der Waals surface area (Å²) in [4.78, 5) is 40.3. The Hall–Kier alpha value is -2.45. The molecule has 0 aromatic heterocycles. The molecule has 1 aromatic rings. The number of anilines is 1. The van der Waals surface area contributed by atoms with Gasteiger partial charge in [-0.05, 0) is 30.8 Å². The van der Waals surface area contributed by atoms with Gasteiger partial charge in [0.2, 0.25) is 5.91 Å². The molecule has 23 heavy (non-hydrogen) atoms. The summed E-state index contributed by atoms with van der Waals surface area (Å²) >= 11 is 0. The predicted octanol–water partition coefficient (Wildman–Crippen LogP) is -0.900. The van der Waals surface area contributed by atoms with E-state index in [0.29, 0.717) is 29.9 Å². The van der Waals surface area contributed by atoms with Gasteiger partial charge in [0.25, 0.3) is 11.8 Å². The lowest BCUT2D eigenvalue weighted by atomic mass is 9.97. The minimum atomic E-state index is -1.02. The zero-order chi connectivity index (χ0) is 16.6. The van der Waals surface area contributed by atoms with Gasteiger partial charge in [-0.25, -0.2) is 5.84 Å². The van der Waals surface area contributed by atoms with Gasteiger partial charge in [-0.1, -0.05) is 0 Å². The number of likely N-dealkylation sites (N-methyl/N-ethyl adjacent to an activating group) is 1. The molecule has 1 unspecified atom stereocenters. The van der Waals surface area contributed by atoms with E-state index in [9.17, 15) is 14.4 Å². The van der Waals surface area contributed by atoms with Crippen LogP contribution in [0.4, 0.5) is 5.69 Å². The Labute approximate surface area is 133 Å². The maximum Gasteiger partial charge on any atom is 0.253 e. The van der Waals surface area contributed by atoms with Crippen LogP contribution in [0.1, 0.15) is 21.8 Å². The molecule has 0 spiro atoms. The van der Waals surface area contributed by atoms with Crippen molar-refractivity contribution in [2.45, 2.75) is 5.92 Å². The lowest BCUT2D eigenvalue weighted by Crippen LogP contribution is -2.47. The normalized spacial score (nSPS) is 20.9. The van der Waals surface area contributed by atoms with Gasteiger partial charge in [0.05, 0.1) is 0 Å². The number of carbonyl (C=O) groups excluding carboxylic acids is 3. The molecule has 2 heterocycles. The first-order chi connectivity index (χ1) is 11.0. The van der Waals surface area contributed by atoms with Crippen molar-refractivity contribution >= 4 is 23.4 Å². The predicted molar refractivity (Wildman–Crippen MR) is 83.5 cm³/mol. The fraction of sp³-hybridized carbons (Fsp3) is 0.400. The Kier molecular flexibility index (Phi) is 4.01. The minimum absolute atomic E-state index is 0.0906. The summed E-state index contributed by atoms with van der Waals surface area (Å²) in [5.74, 6) is 3.00. The molecule has 0 bridgehead atoms. The molecule has 3 amide bonds. The first kappa shape index (κ1) is 15.4. The summed E-state index contributed by atoms with van der Waals surface area (Å²) in [6, 6.07) is 4.93. The topological polar surface area (TPSA) is 108 Å². The van der Waals surface area contributed by atoms with Gasteiger partial charge in [-0.3, -0.25) is 19.8 Å². The molecule has 3 rings (SSSR count). The Morgan fingerprint density at radius 2 is 1.96 bits per heavy atom.